The molecule has 0 atom stereocenters. The molecule has 134 valence electrons. The molecular weight excluding hydrogens is 344 g/mol. The number of nitrogens with one attached hydrogen (secondary N) is 1. The van der Waals surface area contributed by atoms with Crippen LogP contribution in [0.25, 0.3) is 10.8 Å². The Morgan fingerprint density at radius 3 is 2.58 bits per heavy atom. The van der Waals surface area contributed by atoms with E-state index >= 15 is 0 Å². The van der Waals surface area contributed by atoms with Crippen LogP contribution in [0, 0.1) is 0 Å². The molecule has 4 heteroatoms. The highest BCUT2D eigenvalue weighted by atomic mass is 35.5. The first kappa shape index (κ1) is 17.3. The van der Waals surface area contributed by atoms with Gasteiger partial charge in [0, 0.05) is 23.3 Å². The number of benzene rings is 2. The highest BCUT2D eigenvalue weighted by molar-refractivity contribution is 6.32. The zero-order valence-corrected chi connectivity index (χ0v) is 15.7. The average Bonchev–Trinajstić information content (AvgIpc) is 2.70. The van der Waals surface area contributed by atoms with E-state index in [0.717, 1.165) is 42.2 Å². The van der Waals surface area contributed by atoms with Crippen molar-refractivity contribution >= 4 is 22.4 Å². The maximum absolute atomic E-state index is 6.44. The van der Waals surface area contributed by atoms with Gasteiger partial charge in [-0.1, -0.05) is 41.9 Å². The molecule has 3 aromatic rings. The van der Waals surface area contributed by atoms with E-state index in [9.17, 15) is 0 Å². The van der Waals surface area contributed by atoms with E-state index < -0.39 is 0 Å². The molecule has 2 aromatic carbocycles. The van der Waals surface area contributed by atoms with Crippen molar-refractivity contribution in [2.45, 2.75) is 37.3 Å². The second kappa shape index (κ2) is 7.26. The molecule has 0 radical (unpaired) electrons. The topological polar surface area (TPSA) is 34.1 Å². The van der Waals surface area contributed by atoms with Gasteiger partial charge in [-0.05, 0) is 61.9 Å². The first-order valence-electron chi connectivity index (χ1n) is 9.14. The van der Waals surface area contributed by atoms with Crippen molar-refractivity contribution in [3.63, 3.8) is 0 Å². The molecule has 1 N–H and O–H groups in total. The third kappa shape index (κ3) is 3.29. The third-order valence-corrected chi connectivity index (χ3v) is 5.87. The van der Waals surface area contributed by atoms with Gasteiger partial charge in [0.25, 0.3) is 0 Å². The lowest BCUT2D eigenvalue weighted by Gasteiger charge is -2.40. The summed E-state index contributed by atoms with van der Waals surface area (Å²) in [6.45, 7) is 0. The Morgan fingerprint density at radius 2 is 1.85 bits per heavy atom. The predicted octanol–water partition coefficient (Wildman–Crippen LogP) is 5.32. The first-order chi connectivity index (χ1) is 12.7. The van der Waals surface area contributed by atoms with Crippen LogP contribution in [0.2, 0.25) is 5.02 Å². The zero-order chi connectivity index (χ0) is 18.0. The van der Waals surface area contributed by atoms with Crippen LogP contribution in [0.15, 0.2) is 60.9 Å². The van der Waals surface area contributed by atoms with Gasteiger partial charge >= 0.3 is 0 Å². The van der Waals surface area contributed by atoms with E-state index in [1.54, 1.807) is 6.20 Å². The minimum absolute atomic E-state index is 0.0416. The van der Waals surface area contributed by atoms with Gasteiger partial charge in [0.15, 0.2) is 0 Å². The summed E-state index contributed by atoms with van der Waals surface area (Å²) in [5.41, 5.74) is 1.40. The average molecular weight is 367 g/mol. The Morgan fingerprint density at radius 1 is 1.08 bits per heavy atom. The maximum Gasteiger partial charge on any atom is 0.138 e. The minimum atomic E-state index is 0.0416. The molecule has 1 fully saturated rings. The minimum Gasteiger partial charge on any atom is -0.489 e. The number of hydrogen-bond donors (Lipinski definition) is 1. The SMILES string of the molecule is CNC1(c2ccccc2)CCC(Oc2cc3ccncc3cc2Cl)CC1. The number of ether oxygens (including phenoxy) is 1. The second-order valence-electron chi connectivity index (χ2n) is 7.02. The summed E-state index contributed by atoms with van der Waals surface area (Å²) >= 11 is 6.44. The molecule has 1 aliphatic carbocycles. The summed E-state index contributed by atoms with van der Waals surface area (Å²) in [4.78, 5) is 4.15. The lowest BCUT2D eigenvalue weighted by molar-refractivity contribution is 0.105. The van der Waals surface area contributed by atoms with Crippen LogP contribution in [0.3, 0.4) is 0 Å². The highest BCUT2D eigenvalue weighted by Gasteiger charge is 2.36. The molecule has 4 rings (SSSR count). The molecule has 0 bridgehead atoms. The van der Waals surface area contributed by atoms with Gasteiger partial charge in [-0.2, -0.15) is 0 Å². The van der Waals surface area contributed by atoms with Crippen molar-refractivity contribution in [2.75, 3.05) is 7.05 Å². The Bertz CT molecular complexity index is 889. The van der Waals surface area contributed by atoms with Crippen molar-refractivity contribution in [2.24, 2.45) is 0 Å². The number of pyridine rings is 1. The number of hydrogen-bond acceptors (Lipinski definition) is 3. The molecule has 3 nitrogen and oxygen atoms in total. The molecule has 1 aliphatic rings. The van der Waals surface area contributed by atoms with Gasteiger partial charge in [0.1, 0.15) is 5.75 Å². The fraction of sp³-hybridized carbons (Fsp3) is 0.318. The Kier molecular flexibility index (Phi) is 4.84. The van der Waals surface area contributed by atoms with Gasteiger partial charge in [-0.15, -0.1) is 0 Å². The lowest BCUT2D eigenvalue weighted by Crippen LogP contribution is -2.45. The van der Waals surface area contributed by atoms with E-state index in [0.29, 0.717) is 5.02 Å². The van der Waals surface area contributed by atoms with Crippen LogP contribution in [0.1, 0.15) is 31.2 Å². The van der Waals surface area contributed by atoms with Crippen molar-refractivity contribution in [1.29, 1.82) is 0 Å². The van der Waals surface area contributed by atoms with E-state index in [1.807, 2.05) is 24.4 Å². The van der Waals surface area contributed by atoms with Crippen molar-refractivity contribution in [3.8, 4) is 5.75 Å². The van der Waals surface area contributed by atoms with Crippen LogP contribution in [-0.2, 0) is 5.54 Å². The molecule has 0 aliphatic heterocycles. The fourth-order valence-electron chi connectivity index (χ4n) is 4.00. The van der Waals surface area contributed by atoms with Gasteiger partial charge in [0.05, 0.1) is 11.1 Å². The Labute approximate surface area is 159 Å². The van der Waals surface area contributed by atoms with E-state index in [2.05, 4.69) is 47.7 Å². The van der Waals surface area contributed by atoms with Crippen LogP contribution >= 0.6 is 11.6 Å². The van der Waals surface area contributed by atoms with Gasteiger partial charge in [0.2, 0.25) is 0 Å². The molecule has 1 heterocycles. The van der Waals surface area contributed by atoms with Gasteiger partial charge in [-0.3, -0.25) is 4.98 Å². The van der Waals surface area contributed by atoms with E-state index in [-0.39, 0.29) is 11.6 Å². The highest BCUT2D eigenvalue weighted by Crippen LogP contribution is 2.39. The van der Waals surface area contributed by atoms with Crippen molar-refractivity contribution in [1.82, 2.24) is 10.3 Å². The number of fused-ring (bicyclic) bond motifs is 1. The molecule has 0 amide bonds. The number of rotatable bonds is 4. The predicted molar refractivity (Wildman–Crippen MR) is 107 cm³/mol. The molecule has 1 saturated carbocycles. The van der Waals surface area contributed by atoms with Gasteiger partial charge in [-0.25, -0.2) is 0 Å². The molecule has 0 saturated heterocycles. The van der Waals surface area contributed by atoms with Gasteiger partial charge < -0.3 is 10.1 Å². The second-order valence-corrected chi connectivity index (χ2v) is 7.43. The summed E-state index contributed by atoms with van der Waals surface area (Å²) in [6, 6.07) is 16.7. The summed E-state index contributed by atoms with van der Waals surface area (Å²) in [5.74, 6) is 0.770. The monoisotopic (exact) mass is 366 g/mol. The van der Waals surface area contributed by atoms with Crippen LogP contribution in [0.5, 0.6) is 5.75 Å². The van der Waals surface area contributed by atoms with E-state index in [1.165, 1.54) is 5.56 Å². The Hall–Kier alpha value is -2.10. The molecule has 26 heavy (non-hydrogen) atoms. The van der Waals surface area contributed by atoms with Crippen LogP contribution < -0.4 is 10.1 Å². The fourth-order valence-corrected chi connectivity index (χ4v) is 4.22. The van der Waals surface area contributed by atoms with Crippen molar-refractivity contribution in [3.05, 3.63) is 71.5 Å². The zero-order valence-electron chi connectivity index (χ0n) is 14.9. The summed E-state index contributed by atoms with van der Waals surface area (Å²) in [7, 11) is 2.06. The Balaban J connectivity index is 1.49. The van der Waals surface area contributed by atoms with Crippen LogP contribution in [0.4, 0.5) is 0 Å². The number of nitrogens with zero attached hydrogens (tertiary/aromatic N) is 1. The third-order valence-electron chi connectivity index (χ3n) is 5.58. The first-order valence-corrected chi connectivity index (χ1v) is 9.52. The number of halogens is 1. The quantitative estimate of drug-likeness (QED) is 0.678. The molecule has 1 aromatic heterocycles. The summed E-state index contributed by atoms with van der Waals surface area (Å²) < 4.78 is 6.29. The molecule has 0 spiro atoms. The van der Waals surface area contributed by atoms with Crippen molar-refractivity contribution < 1.29 is 4.74 Å². The number of aromatic nitrogens is 1. The largest absolute Gasteiger partial charge is 0.489 e. The normalized spacial score (nSPS) is 23.1. The summed E-state index contributed by atoms with van der Waals surface area (Å²) in [6.07, 6.45) is 7.91. The smallest absolute Gasteiger partial charge is 0.138 e. The maximum atomic E-state index is 6.44. The molecular formula is C22H23ClN2O. The van der Waals surface area contributed by atoms with E-state index in [4.69, 9.17) is 16.3 Å². The van der Waals surface area contributed by atoms with Crippen LogP contribution in [-0.4, -0.2) is 18.1 Å². The summed E-state index contributed by atoms with van der Waals surface area (Å²) in [5, 5.41) is 6.35. The molecule has 0 unspecified atom stereocenters. The lowest BCUT2D eigenvalue weighted by atomic mass is 9.75. The standard InChI is InChI=1S/C22H23ClN2O/c1-24-22(18-5-3-2-4-6-18)10-7-19(8-11-22)26-21-14-16-9-12-25-15-17(16)13-20(21)23/h2-6,9,12-15,19,24H,7-8,10-11H2,1H3.